The van der Waals surface area contributed by atoms with Crippen molar-refractivity contribution in [3.8, 4) is 0 Å². The number of imidazole rings is 1. The summed E-state index contributed by atoms with van der Waals surface area (Å²) in [7, 11) is 0. The molecule has 1 amide bonds. The van der Waals surface area contributed by atoms with E-state index in [1.54, 1.807) is 17.4 Å². The highest BCUT2D eigenvalue weighted by molar-refractivity contribution is 7.19. The van der Waals surface area contributed by atoms with Gasteiger partial charge in [-0.1, -0.05) is 48.5 Å². The second-order valence-electron chi connectivity index (χ2n) is 7.25. The first-order valence-corrected chi connectivity index (χ1v) is 10.9. The number of benzene rings is 3. The molecule has 5 aromatic rings. The SMILES string of the molecule is O=C(/C=C/c1nc2ccccc2s1)NCc1ccc(Cn2cnc3ccccc32)cc1. The number of hydrogen-bond acceptors (Lipinski definition) is 4. The Morgan fingerprint density at radius 3 is 2.52 bits per heavy atom. The van der Waals surface area contributed by atoms with Crippen molar-refractivity contribution in [2.45, 2.75) is 13.1 Å². The Morgan fingerprint density at radius 1 is 0.935 bits per heavy atom. The number of rotatable bonds is 6. The minimum Gasteiger partial charge on any atom is -0.348 e. The number of para-hydroxylation sites is 3. The standard InChI is InChI=1S/C25H20N4OS/c30-24(13-14-25-28-21-6-2-4-8-23(21)31-25)26-15-18-9-11-19(12-10-18)16-29-17-27-20-5-1-3-7-22(20)29/h1-14,17H,15-16H2,(H,26,30)/b14-13+. The van der Waals surface area contributed by atoms with Crippen molar-refractivity contribution in [3.63, 3.8) is 0 Å². The van der Waals surface area contributed by atoms with Crippen molar-refractivity contribution in [3.05, 3.63) is 101 Å². The van der Waals surface area contributed by atoms with Gasteiger partial charge in [0, 0.05) is 19.2 Å². The maximum absolute atomic E-state index is 12.2. The van der Waals surface area contributed by atoms with Crippen LogP contribution in [0.15, 0.2) is 85.2 Å². The van der Waals surface area contributed by atoms with E-state index in [2.05, 4.69) is 38.1 Å². The number of carbonyl (C=O) groups excluding carboxylic acids is 1. The Kier molecular flexibility index (Phi) is 5.29. The van der Waals surface area contributed by atoms with Crippen molar-refractivity contribution in [1.82, 2.24) is 19.9 Å². The molecular formula is C25H20N4OS. The molecule has 3 aromatic carbocycles. The fourth-order valence-electron chi connectivity index (χ4n) is 3.45. The molecule has 0 saturated carbocycles. The van der Waals surface area contributed by atoms with Gasteiger partial charge in [0.15, 0.2) is 0 Å². The lowest BCUT2D eigenvalue weighted by molar-refractivity contribution is -0.116. The summed E-state index contributed by atoms with van der Waals surface area (Å²) in [6.07, 6.45) is 5.17. The van der Waals surface area contributed by atoms with E-state index in [0.717, 1.165) is 38.4 Å². The first-order chi connectivity index (χ1) is 15.2. The Morgan fingerprint density at radius 2 is 1.68 bits per heavy atom. The van der Waals surface area contributed by atoms with Crippen LogP contribution in [0.25, 0.3) is 27.3 Å². The summed E-state index contributed by atoms with van der Waals surface area (Å²) in [5.74, 6) is -0.131. The molecule has 6 heteroatoms. The molecule has 2 aromatic heterocycles. The third kappa shape index (κ3) is 4.39. The Hall–Kier alpha value is -3.77. The lowest BCUT2D eigenvalue weighted by Gasteiger charge is -2.07. The van der Waals surface area contributed by atoms with E-state index in [4.69, 9.17) is 0 Å². The number of amides is 1. The summed E-state index contributed by atoms with van der Waals surface area (Å²) in [4.78, 5) is 21.1. The Bertz CT molecular complexity index is 1350. The molecule has 0 aliphatic rings. The lowest BCUT2D eigenvalue weighted by Crippen LogP contribution is -2.20. The third-order valence-corrected chi connectivity index (χ3v) is 6.06. The molecular weight excluding hydrogens is 404 g/mol. The van der Waals surface area contributed by atoms with Crippen molar-refractivity contribution in [2.24, 2.45) is 0 Å². The van der Waals surface area contributed by atoms with Gasteiger partial charge >= 0.3 is 0 Å². The topological polar surface area (TPSA) is 59.8 Å². The zero-order chi connectivity index (χ0) is 21.0. The van der Waals surface area contributed by atoms with Crippen LogP contribution in [0.1, 0.15) is 16.1 Å². The zero-order valence-corrected chi connectivity index (χ0v) is 17.5. The van der Waals surface area contributed by atoms with Gasteiger partial charge in [-0.3, -0.25) is 4.79 Å². The van der Waals surface area contributed by atoms with Crippen LogP contribution < -0.4 is 5.32 Å². The predicted molar refractivity (Wildman–Crippen MR) is 126 cm³/mol. The van der Waals surface area contributed by atoms with Crippen LogP contribution in [0, 0.1) is 0 Å². The van der Waals surface area contributed by atoms with Gasteiger partial charge in [0.2, 0.25) is 5.91 Å². The van der Waals surface area contributed by atoms with Crippen LogP contribution in [0.2, 0.25) is 0 Å². The number of hydrogen-bond donors (Lipinski definition) is 1. The first kappa shape index (κ1) is 19.2. The molecule has 2 heterocycles. The van der Waals surface area contributed by atoms with Crippen LogP contribution in [0.5, 0.6) is 0 Å². The van der Waals surface area contributed by atoms with Crippen molar-refractivity contribution in [2.75, 3.05) is 0 Å². The van der Waals surface area contributed by atoms with E-state index in [9.17, 15) is 4.79 Å². The van der Waals surface area contributed by atoms with Crippen molar-refractivity contribution < 1.29 is 4.79 Å². The highest BCUT2D eigenvalue weighted by Gasteiger charge is 2.04. The normalized spacial score (nSPS) is 11.5. The van der Waals surface area contributed by atoms with E-state index in [-0.39, 0.29) is 5.91 Å². The molecule has 0 spiro atoms. The maximum Gasteiger partial charge on any atom is 0.244 e. The fraction of sp³-hybridized carbons (Fsp3) is 0.0800. The highest BCUT2D eigenvalue weighted by Crippen LogP contribution is 2.22. The summed E-state index contributed by atoms with van der Waals surface area (Å²) >= 11 is 1.57. The van der Waals surface area contributed by atoms with Gasteiger partial charge in [0.1, 0.15) is 5.01 Å². The number of fused-ring (bicyclic) bond motifs is 2. The van der Waals surface area contributed by atoms with Gasteiger partial charge < -0.3 is 9.88 Å². The average Bonchev–Trinajstić information content (AvgIpc) is 3.41. The molecule has 0 aliphatic heterocycles. The van der Waals surface area contributed by atoms with Crippen molar-refractivity contribution >= 4 is 44.6 Å². The fourth-order valence-corrected chi connectivity index (χ4v) is 4.32. The summed E-state index contributed by atoms with van der Waals surface area (Å²) in [6, 6.07) is 24.4. The summed E-state index contributed by atoms with van der Waals surface area (Å²) < 4.78 is 3.25. The van der Waals surface area contributed by atoms with E-state index in [0.29, 0.717) is 6.54 Å². The minimum atomic E-state index is -0.131. The number of thiazole rings is 1. The van der Waals surface area contributed by atoms with Gasteiger partial charge in [-0.25, -0.2) is 9.97 Å². The molecule has 0 aliphatic carbocycles. The molecule has 0 saturated heterocycles. The molecule has 0 unspecified atom stereocenters. The second-order valence-corrected chi connectivity index (χ2v) is 8.31. The quantitative estimate of drug-likeness (QED) is 0.389. The van der Waals surface area contributed by atoms with Gasteiger partial charge in [0.05, 0.1) is 27.6 Å². The molecule has 5 nitrogen and oxygen atoms in total. The monoisotopic (exact) mass is 424 g/mol. The predicted octanol–water partition coefficient (Wildman–Crippen LogP) is 5.02. The van der Waals surface area contributed by atoms with Gasteiger partial charge in [-0.2, -0.15) is 0 Å². The molecule has 0 bridgehead atoms. The molecule has 31 heavy (non-hydrogen) atoms. The van der Waals surface area contributed by atoms with Crippen LogP contribution in [-0.4, -0.2) is 20.4 Å². The summed E-state index contributed by atoms with van der Waals surface area (Å²) in [5, 5.41) is 3.75. The number of nitrogens with zero attached hydrogens (tertiary/aromatic N) is 3. The van der Waals surface area contributed by atoms with Gasteiger partial charge in [-0.15, -0.1) is 11.3 Å². The largest absolute Gasteiger partial charge is 0.348 e. The van der Waals surface area contributed by atoms with Crippen LogP contribution in [-0.2, 0) is 17.9 Å². The highest BCUT2D eigenvalue weighted by atomic mass is 32.1. The number of aromatic nitrogens is 3. The Labute approximate surface area is 183 Å². The number of nitrogens with one attached hydrogen (secondary N) is 1. The Balaban J connectivity index is 1.17. The van der Waals surface area contributed by atoms with E-state index in [1.807, 2.05) is 60.9 Å². The van der Waals surface area contributed by atoms with Crippen LogP contribution >= 0.6 is 11.3 Å². The van der Waals surface area contributed by atoms with Crippen LogP contribution in [0.4, 0.5) is 0 Å². The van der Waals surface area contributed by atoms with Crippen molar-refractivity contribution in [1.29, 1.82) is 0 Å². The molecule has 0 radical (unpaired) electrons. The third-order valence-electron chi connectivity index (χ3n) is 5.06. The lowest BCUT2D eigenvalue weighted by atomic mass is 10.1. The van der Waals surface area contributed by atoms with Gasteiger partial charge in [-0.05, 0) is 41.5 Å². The van der Waals surface area contributed by atoms with Crippen LogP contribution in [0.3, 0.4) is 0 Å². The summed E-state index contributed by atoms with van der Waals surface area (Å²) in [6.45, 7) is 1.25. The maximum atomic E-state index is 12.2. The molecule has 0 atom stereocenters. The molecule has 0 fully saturated rings. The molecule has 152 valence electrons. The molecule has 1 N–H and O–H groups in total. The van der Waals surface area contributed by atoms with E-state index < -0.39 is 0 Å². The minimum absolute atomic E-state index is 0.131. The number of carbonyl (C=O) groups is 1. The first-order valence-electron chi connectivity index (χ1n) is 10.0. The summed E-state index contributed by atoms with van der Waals surface area (Å²) in [5.41, 5.74) is 5.32. The molecule has 5 rings (SSSR count). The smallest absolute Gasteiger partial charge is 0.244 e. The van der Waals surface area contributed by atoms with E-state index in [1.165, 1.54) is 11.6 Å². The second kappa shape index (κ2) is 8.53. The van der Waals surface area contributed by atoms with Gasteiger partial charge in [0.25, 0.3) is 0 Å². The zero-order valence-electron chi connectivity index (χ0n) is 16.7. The van der Waals surface area contributed by atoms with E-state index >= 15 is 0 Å². The average molecular weight is 425 g/mol.